The van der Waals surface area contributed by atoms with Crippen molar-refractivity contribution >= 4 is 38.9 Å². The number of fused-ring (bicyclic) bond motifs is 1. The molecule has 1 aliphatic rings. The van der Waals surface area contributed by atoms with Gasteiger partial charge in [0.1, 0.15) is 10.7 Å². The summed E-state index contributed by atoms with van der Waals surface area (Å²) in [6.45, 7) is 1.94. The zero-order valence-corrected chi connectivity index (χ0v) is 13.2. The lowest BCUT2D eigenvalue weighted by Gasteiger charge is -2.29. The van der Waals surface area contributed by atoms with Gasteiger partial charge in [0.2, 0.25) is 0 Å². The van der Waals surface area contributed by atoms with Crippen molar-refractivity contribution in [3.8, 4) is 0 Å². The van der Waals surface area contributed by atoms with Crippen LogP contribution in [0.2, 0.25) is 5.02 Å². The molecule has 1 N–H and O–H groups in total. The number of carbonyl (C=O) groups excluding carboxylic acids is 1. The second kappa shape index (κ2) is 5.91. The maximum atomic E-state index is 13.8. The maximum Gasteiger partial charge on any atom is 0.263 e. The first-order valence-electron chi connectivity index (χ1n) is 6.92. The maximum absolute atomic E-state index is 13.8. The van der Waals surface area contributed by atoms with Crippen molar-refractivity contribution < 1.29 is 9.18 Å². The van der Waals surface area contributed by atoms with E-state index in [0.717, 1.165) is 25.9 Å². The van der Waals surface area contributed by atoms with Crippen LogP contribution in [0, 0.1) is 5.82 Å². The number of hydrogen-bond donors (Lipinski definition) is 1. The van der Waals surface area contributed by atoms with Crippen LogP contribution in [0.15, 0.2) is 18.2 Å². The molecule has 0 bridgehead atoms. The largest absolute Gasteiger partial charge is 0.348 e. The first-order valence-corrected chi connectivity index (χ1v) is 8.11. The van der Waals surface area contributed by atoms with E-state index in [4.69, 9.17) is 11.6 Å². The van der Waals surface area contributed by atoms with E-state index in [1.807, 2.05) is 0 Å². The van der Waals surface area contributed by atoms with Gasteiger partial charge in [-0.25, -0.2) is 4.39 Å². The average molecular weight is 327 g/mol. The Hall–Kier alpha value is -1.17. The van der Waals surface area contributed by atoms with Crippen LogP contribution in [0.25, 0.3) is 10.1 Å². The van der Waals surface area contributed by atoms with Crippen molar-refractivity contribution in [2.45, 2.75) is 18.9 Å². The minimum atomic E-state index is -0.382. The molecule has 0 aliphatic carbocycles. The number of thiophene rings is 1. The molecule has 3 nitrogen and oxygen atoms in total. The zero-order valence-electron chi connectivity index (χ0n) is 11.7. The van der Waals surface area contributed by atoms with Crippen molar-refractivity contribution in [1.29, 1.82) is 0 Å². The molecule has 1 aromatic carbocycles. The molecule has 0 saturated carbocycles. The van der Waals surface area contributed by atoms with E-state index in [2.05, 4.69) is 17.3 Å². The molecule has 1 saturated heterocycles. The third-order valence-electron chi connectivity index (χ3n) is 3.87. The Labute approximate surface area is 131 Å². The number of halogens is 2. The highest BCUT2D eigenvalue weighted by Gasteiger charge is 2.23. The van der Waals surface area contributed by atoms with E-state index in [1.165, 1.54) is 17.4 Å². The van der Waals surface area contributed by atoms with Crippen molar-refractivity contribution in [3.63, 3.8) is 0 Å². The topological polar surface area (TPSA) is 32.3 Å². The molecule has 0 radical (unpaired) electrons. The quantitative estimate of drug-likeness (QED) is 0.916. The smallest absolute Gasteiger partial charge is 0.263 e. The van der Waals surface area contributed by atoms with E-state index in [1.54, 1.807) is 12.1 Å². The lowest BCUT2D eigenvalue weighted by Crippen LogP contribution is -2.43. The molecule has 1 aliphatic heterocycles. The Bertz CT molecular complexity index is 680. The summed E-state index contributed by atoms with van der Waals surface area (Å²) >= 11 is 7.44. The first kappa shape index (κ1) is 14.8. The van der Waals surface area contributed by atoms with Crippen molar-refractivity contribution in [1.82, 2.24) is 10.2 Å². The Kier molecular flexibility index (Phi) is 4.15. The van der Waals surface area contributed by atoms with Crippen LogP contribution in [-0.4, -0.2) is 37.0 Å². The summed E-state index contributed by atoms with van der Waals surface area (Å²) in [4.78, 5) is 15.0. The van der Waals surface area contributed by atoms with E-state index in [-0.39, 0.29) is 22.8 Å². The molecular weight excluding hydrogens is 311 g/mol. The van der Waals surface area contributed by atoms with Crippen LogP contribution in [0.4, 0.5) is 4.39 Å². The van der Waals surface area contributed by atoms with Crippen LogP contribution in [-0.2, 0) is 0 Å². The Balaban J connectivity index is 1.82. The summed E-state index contributed by atoms with van der Waals surface area (Å²) in [6.07, 6.45) is 1.86. The fraction of sp³-hybridized carbons (Fsp3) is 0.400. The summed E-state index contributed by atoms with van der Waals surface area (Å²) in [6, 6.07) is 4.93. The highest BCUT2D eigenvalue weighted by molar-refractivity contribution is 7.21. The van der Waals surface area contributed by atoms with Gasteiger partial charge in [0.05, 0.1) is 5.02 Å². The predicted molar refractivity (Wildman–Crippen MR) is 84.8 cm³/mol. The number of nitrogens with one attached hydrogen (secondary N) is 1. The Morgan fingerprint density at radius 1 is 1.43 bits per heavy atom. The van der Waals surface area contributed by atoms with E-state index >= 15 is 0 Å². The summed E-state index contributed by atoms with van der Waals surface area (Å²) in [7, 11) is 2.07. The molecule has 0 unspecified atom stereocenters. The monoisotopic (exact) mass is 326 g/mol. The molecule has 2 heterocycles. The second-order valence-electron chi connectivity index (χ2n) is 5.41. The fourth-order valence-electron chi connectivity index (χ4n) is 2.62. The number of carbonyl (C=O) groups is 1. The standard InChI is InChI=1S/C15H16ClFN2OS/c1-19-7-5-9(6-8-19)18-15(20)14-13(16)12-10(17)3-2-4-11(12)21-14/h2-4,9H,5-8H2,1H3,(H,18,20). The third-order valence-corrected chi connectivity index (χ3v) is 5.51. The number of amides is 1. The van der Waals surface area contributed by atoms with Crippen molar-refractivity contribution in [2.75, 3.05) is 20.1 Å². The highest BCUT2D eigenvalue weighted by atomic mass is 35.5. The van der Waals surface area contributed by atoms with Gasteiger partial charge in [0.25, 0.3) is 5.91 Å². The molecule has 6 heteroatoms. The number of benzene rings is 1. The van der Waals surface area contributed by atoms with Gasteiger partial charge in [0.15, 0.2) is 0 Å². The van der Waals surface area contributed by atoms with Crippen molar-refractivity contribution in [2.24, 2.45) is 0 Å². The molecule has 1 aromatic heterocycles. The Morgan fingerprint density at radius 3 is 2.81 bits per heavy atom. The third kappa shape index (κ3) is 2.91. The number of hydrogen-bond acceptors (Lipinski definition) is 3. The molecule has 3 rings (SSSR count). The molecule has 1 amide bonds. The van der Waals surface area contributed by atoms with Crippen molar-refractivity contribution in [3.05, 3.63) is 33.9 Å². The lowest BCUT2D eigenvalue weighted by molar-refractivity contribution is 0.0921. The number of likely N-dealkylation sites (tertiary alicyclic amines) is 1. The molecule has 0 spiro atoms. The molecule has 0 atom stereocenters. The molecule has 21 heavy (non-hydrogen) atoms. The van der Waals surface area contributed by atoms with Gasteiger partial charge < -0.3 is 10.2 Å². The van der Waals surface area contributed by atoms with E-state index in [0.29, 0.717) is 15.0 Å². The first-order chi connectivity index (χ1) is 10.1. The number of piperidine rings is 1. The average Bonchev–Trinajstić information content (AvgIpc) is 2.80. The normalized spacial score (nSPS) is 17.3. The van der Waals surface area contributed by atoms with E-state index in [9.17, 15) is 9.18 Å². The summed E-state index contributed by atoms with van der Waals surface area (Å²) in [5.74, 6) is -0.581. The second-order valence-corrected chi connectivity index (χ2v) is 6.84. The molecule has 1 fully saturated rings. The van der Waals surface area contributed by atoms with Gasteiger partial charge >= 0.3 is 0 Å². The zero-order chi connectivity index (χ0) is 15.0. The van der Waals surface area contributed by atoms with Crippen LogP contribution in [0.5, 0.6) is 0 Å². The number of nitrogens with zero attached hydrogens (tertiary/aromatic N) is 1. The minimum absolute atomic E-state index is 0.167. The van der Waals surface area contributed by atoms with Gasteiger partial charge in [-0.1, -0.05) is 17.7 Å². The molecular formula is C15H16ClFN2OS. The van der Waals surface area contributed by atoms with Crippen LogP contribution < -0.4 is 5.32 Å². The Morgan fingerprint density at radius 2 is 2.14 bits per heavy atom. The fourth-order valence-corrected chi connectivity index (χ4v) is 4.08. The van der Waals surface area contributed by atoms with Crippen LogP contribution >= 0.6 is 22.9 Å². The van der Waals surface area contributed by atoms with E-state index < -0.39 is 0 Å². The van der Waals surface area contributed by atoms with Gasteiger partial charge in [-0.3, -0.25) is 4.79 Å². The van der Waals surface area contributed by atoms with Gasteiger partial charge in [-0.05, 0) is 45.1 Å². The summed E-state index contributed by atoms with van der Waals surface area (Å²) < 4.78 is 14.5. The van der Waals surface area contributed by atoms with Crippen LogP contribution in [0.3, 0.4) is 0 Å². The number of rotatable bonds is 2. The summed E-state index contributed by atoms with van der Waals surface area (Å²) in [5.41, 5.74) is 0. The van der Waals surface area contributed by atoms with Gasteiger partial charge in [0, 0.05) is 16.1 Å². The molecule has 112 valence electrons. The lowest BCUT2D eigenvalue weighted by atomic mass is 10.1. The SMILES string of the molecule is CN1CCC(NC(=O)c2sc3cccc(F)c3c2Cl)CC1. The predicted octanol–water partition coefficient (Wildman–Crippen LogP) is 3.52. The van der Waals surface area contributed by atoms with Gasteiger partial charge in [-0.2, -0.15) is 0 Å². The summed E-state index contributed by atoms with van der Waals surface area (Å²) in [5, 5.41) is 3.58. The van der Waals surface area contributed by atoms with Gasteiger partial charge in [-0.15, -0.1) is 11.3 Å². The molecule has 2 aromatic rings. The van der Waals surface area contributed by atoms with Crippen LogP contribution in [0.1, 0.15) is 22.5 Å². The minimum Gasteiger partial charge on any atom is -0.348 e. The highest BCUT2D eigenvalue weighted by Crippen LogP contribution is 2.36.